The number of nitrogens with zero attached hydrogens (tertiary/aromatic N) is 1. The molecule has 0 aliphatic heterocycles. The van der Waals surface area contributed by atoms with Crippen LogP contribution in [0.15, 0.2) is 22.8 Å². The summed E-state index contributed by atoms with van der Waals surface area (Å²) in [4.78, 5) is 23.7. The van der Waals surface area contributed by atoms with Gasteiger partial charge in [-0.3, -0.25) is 4.79 Å². The number of carbonyl (C=O) groups excluding carboxylic acids is 2. The second kappa shape index (κ2) is 13.4. The summed E-state index contributed by atoms with van der Waals surface area (Å²) >= 11 is 3.52. The summed E-state index contributed by atoms with van der Waals surface area (Å²) in [5.41, 5.74) is 2.26. The van der Waals surface area contributed by atoms with E-state index in [0.29, 0.717) is 12.2 Å². The molecule has 0 aliphatic rings. The van der Waals surface area contributed by atoms with E-state index in [1.54, 1.807) is 12.1 Å². The van der Waals surface area contributed by atoms with Gasteiger partial charge in [0, 0.05) is 5.39 Å². The Morgan fingerprint density at radius 1 is 1.15 bits per heavy atom. The van der Waals surface area contributed by atoms with E-state index >= 15 is 0 Å². The van der Waals surface area contributed by atoms with Crippen LogP contribution in [0.5, 0.6) is 0 Å². The monoisotopic (exact) mass is 441 g/mol. The molecule has 0 bridgehead atoms. The molecule has 2 rings (SSSR count). The molecular weight excluding hydrogens is 410 g/mol. The number of aromatic nitrogens is 1. The number of halogens is 1. The quantitative estimate of drug-likeness (QED) is 0.413. The van der Waals surface area contributed by atoms with Crippen LogP contribution in [0.3, 0.4) is 0 Å². The van der Waals surface area contributed by atoms with Gasteiger partial charge in [-0.15, -0.1) is 0 Å². The van der Waals surface area contributed by atoms with Crippen LogP contribution >= 0.6 is 15.9 Å². The SMILES string of the molecule is CC.CC.CCCCOC(=O)Cn1c(Br)c(C)c2ccc(C(=O)OC)cc21. The van der Waals surface area contributed by atoms with Crippen LogP contribution in [-0.4, -0.2) is 30.2 Å². The highest BCUT2D eigenvalue weighted by Crippen LogP contribution is 2.30. The molecule has 0 spiro atoms. The molecule has 0 aliphatic carbocycles. The third-order valence-corrected chi connectivity index (χ3v) is 4.73. The first-order chi connectivity index (χ1) is 13.0. The van der Waals surface area contributed by atoms with Gasteiger partial charge in [-0.25, -0.2) is 4.79 Å². The molecule has 6 heteroatoms. The van der Waals surface area contributed by atoms with Gasteiger partial charge in [-0.1, -0.05) is 47.1 Å². The van der Waals surface area contributed by atoms with Gasteiger partial charge in [-0.05, 0) is 47.0 Å². The van der Waals surface area contributed by atoms with Crippen molar-refractivity contribution in [1.82, 2.24) is 4.57 Å². The zero-order chi connectivity index (χ0) is 21.0. The van der Waals surface area contributed by atoms with Gasteiger partial charge in [-0.2, -0.15) is 0 Å². The Bertz CT molecular complexity index is 737. The van der Waals surface area contributed by atoms with E-state index in [2.05, 4.69) is 15.9 Å². The number of fused-ring (bicyclic) bond motifs is 1. The van der Waals surface area contributed by atoms with Crippen molar-refractivity contribution in [3.63, 3.8) is 0 Å². The van der Waals surface area contributed by atoms with Crippen LogP contribution in [0.4, 0.5) is 0 Å². The highest BCUT2D eigenvalue weighted by Gasteiger charge is 2.17. The van der Waals surface area contributed by atoms with Crippen molar-refractivity contribution in [2.75, 3.05) is 13.7 Å². The van der Waals surface area contributed by atoms with E-state index in [1.807, 2.05) is 52.2 Å². The Hall–Kier alpha value is -1.82. The number of benzene rings is 1. The molecule has 0 atom stereocenters. The van der Waals surface area contributed by atoms with Crippen LogP contribution in [0.1, 0.15) is 63.4 Å². The van der Waals surface area contributed by atoms with Gasteiger partial charge in [0.15, 0.2) is 0 Å². The van der Waals surface area contributed by atoms with Gasteiger partial charge in [0.25, 0.3) is 0 Å². The summed E-state index contributed by atoms with van der Waals surface area (Å²) in [6, 6.07) is 5.32. The molecule has 0 saturated heterocycles. The first-order valence-electron chi connectivity index (χ1n) is 9.51. The number of ether oxygens (including phenoxy) is 2. The number of hydrogen-bond donors (Lipinski definition) is 0. The van der Waals surface area contributed by atoms with Gasteiger partial charge in [0.05, 0.1) is 29.4 Å². The maximum Gasteiger partial charge on any atom is 0.337 e. The second-order valence-corrected chi connectivity index (χ2v) is 6.05. The summed E-state index contributed by atoms with van der Waals surface area (Å²) in [5.74, 6) is -0.696. The molecule has 0 amide bonds. The van der Waals surface area contributed by atoms with Crippen molar-refractivity contribution in [1.29, 1.82) is 0 Å². The third kappa shape index (κ3) is 6.69. The van der Waals surface area contributed by atoms with Crippen molar-refractivity contribution in [3.8, 4) is 0 Å². The lowest BCUT2D eigenvalue weighted by atomic mass is 10.1. The summed E-state index contributed by atoms with van der Waals surface area (Å²) in [7, 11) is 1.35. The molecule has 5 nitrogen and oxygen atoms in total. The van der Waals surface area contributed by atoms with E-state index in [1.165, 1.54) is 7.11 Å². The molecule has 0 N–H and O–H groups in total. The van der Waals surface area contributed by atoms with E-state index in [0.717, 1.165) is 33.9 Å². The lowest BCUT2D eigenvalue weighted by Crippen LogP contribution is -2.14. The average Bonchev–Trinajstić information content (AvgIpc) is 2.95. The van der Waals surface area contributed by atoms with Crippen LogP contribution in [0, 0.1) is 6.92 Å². The highest BCUT2D eigenvalue weighted by atomic mass is 79.9. The number of unbranched alkanes of at least 4 members (excludes halogenated alkanes) is 1. The minimum absolute atomic E-state index is 0.0965. The molecule has 0 fully saturated rings. The standard InChI is InChI=1S/C17H20BrNO4.2C2H6/c1-4-5-8-23-15(20)10-19-14-9-12(17(21)22-3)6-7-13(14)11(2)16(19)18;2*1-2/h6-7,9H,4-5,8,10H2,1-3H3;2*1-2H3. The Kier molecular flexibility index (Phi) is 12.5. The van der Waals surface area contributed by atoms with E-state index < -0.39 is 5.97 Å². The van der Waals surface area contributed by atoms with E-state index in [9.17, 15) is 9.59 Å². The number of carbonyl (C=O) groups is 2. The molecule has 1 aromatic heterocycles. The summed E-state index contributed by atoms with van der Waals surface area (Å²) in [6.07, 6.45) is 1.83. The molecule has 152 valence electrons. The molecule has 27 heavy (non-hydrogen) atoms. The maximum atomic E-state index is 12.0. The van der Waals surface area contributed by atoms with Gasteiger partial charge >= 0.3 is 11.9 Å². The molecule has 0 radical (unpaired) electrons. The van der Waals surface area contributed by atoms with Crippen LogP contribution < -0.4 is 0 Å². The Morgan fingerprint density at radius 2 is 1.78 bits per heavy atom. The first-order valence-corrected chi connectivity index (χ1v) is 10.3. The molecule has 0 unspecified atom stereocenters. The maximum absolute atomic E-state index is 12.0. The van der Waals surface area contributed by atoms with Crippen molar-refractivity contribution < 1.29 is 19.1 Å². The van der Waals surface area contributed by atoms with Crippen LogP contribution in [0.25, 0.3) is 10.9 Å². The fraction of sp³-hybridized carbons (Fsp3) is 0.524. The smallest absolute Gasteiger partial charge is 0.337 e. The van der Waals surface area contributed by atoms with E-state index in [4.69, 9.17) is 9.47 Å². The minimum Gasteiger partial charge on any atom is -0.465 e. The summed E-state index contributed by atoms with van der Waals surface area (Å²) in [6.45, 7) is 12.5. The number of aryl methyl sites for hydroxylation is 1. The van der Waals surface area contributed by atoms with Gasteiger partial charge in [0.2, 0.25) is 0 Å². The van der Waals surface area contributed by atoms with Crippen LogP contribution in [-0.2, 0) is 20.8 Å². The topological polar surface area (TPSA) is 57.5 Å². The predicted octanol–water partition coefficient (Wildman–Crippen LogP) is 5.89. The minimum atomic E-state index is -0.404. The van der Waals surface area contributed by atoms with Crippen LogP contribution in [0.2, 0.25) is 0 Å². The zero-order valence-electron chi connectivity index (χ0n) is 17.5. The molecule has 0 saturated carbocycles. The summed E-state index contributed by atoms with van der Waals surface area (Å²) < 4.78 is 12.6. The largest absolute Gasteiger partial charge is 0.465 e. The number of esters is 2. The van der Waals surface area contributed by atoms with Crippen molar-refractivity contribution in [3.05, 3.63) is 33.9 Å². The number of hydrogen-bond acceptors (Lipinski definition) is 4. The highest BCUT2D eigenvalue weighted by molar-refractivity contribution is 9.10. The van der Waals surface area contributed by atoms with Crippen molar-refractivity contribution in [2.24, 2.45) is 0 Å². The Morgan fingerprint density at radius 3 is 2.33 bits per heavy atom. The summed E-state index contributed by atoms with van der Waals surface area (Å²) in [5, 5.41) is 0.978. The van der Waals surface area contributed by atoms with Gasteiger partial charge < -0.3 is 14.0 Å². The lowest BCUT2D eigenvalue weighted by Gasteiger charge is -2.08. The Labute approximate surface area is 171 Å². The van der Waals surface area contributed by atoms with E-state index in [-0.39, 0.29) is 12.5 Å². The van der Waals surface area contributed by atoms with Crippen molar-refractivity contribution >= 4 is 38.8 Å². The number of rotatable bonds is 6. The average molecular weight is 442 g/mol. The molecule has 1 heterocycles. The predicted molar refractivity (Wildman–Crippen MR) is 114 cm³/mol. The van der Waals surface area contributed by atoms with Gasteiger partial charge in [0.1, 0.15) is 6.54 Å². The number of methoxy groups -OCH3 is 1. The fourth-order valence-corrected chi connectivity index (χ4v) is 2.93. The molecule has 1 aromatic carbocycles. The van der Waals surface area contributed by atoms with Crippen molar-refractivity contribution in [2.45, 2.75) is 60.9 Å². The third-order valence-electron chi connectivity index (χ3n) is 3.71. The molecule has 2 aromatic rings. The normalized spacial score (nSPS) is 9.63. The second-order valence-electron chi connectivity index (χ2n) is 5.30. The Balaban J connectivity index is 0.00000158. The lowest BCUT2D eigenvalue weighted by molar-refractivity contribution is -0.144. The molecular formula is C21H32BrNO4. The zero-order valence-corrected chi connectivity index (χ0v) is 19.1. The fourth-order valence-electron chi connectivity index (χ4n) is 2.40. The first kappa shape index (κ1) is 25.2.